The number of halogens is 2. The van der Waals surface area contributed by atoms with Crippen molar-refractivity contribution in [3.8, 4) is 0 Å². The molecule has 0 heterocycles. The lowest BCUT2D eigenvalue weighted by molar-refractivity contribution is -0.107. The minimum atomic E-state index is -0.419. The van der Waals surface area contributed by atoms with Crippen molar-refractivity contribution in [1.82, 2.24) is 0 Å². The molecule has 0 radical (unpaired) electrons. The Kier molecular flexibility index (Phi) is 2.82. The van der Waals surface area contributed by atoms with E-state index in [-0.39, 0.29) is 6.42 Å². The largest absolute Gasteiger partial charge is 0.303 e. The zero-order valence-corrected chi connectivity index (χ0v) is 7.36. The van der Waals surface area contributed by atoms with Crippen LogP contribution in [0.25, 0.3) is 0 Å². The van der Waals surface area contributed by atoms with Gasteiger partial charge in [-0.15, -0.1) is 0 Å². The van der Waals surface area contributed by atoms with Crippen LogP contribution in [0, 0.1) is 12.7 Å². The summed E-state index contributed by atoms with van der Waals surface area (Å²) in [5.41, 5.74) is 1.18. The van der Waals surface area contributed by atoms with E-state index in [0.717, 1.165) is 5.56 Å². The second-order valence-corrected chi connectivity index (χ2v) is 2.97. The van der Waals surface area contributed by atoms with E-state index in [1.165, 1.54) is 6.07 Å². The first-order chi connectivity index (χ1) is 5.65. The quantitative estimate of drug-likeness (QED) is 0.649. The first-order valence-corrected chi connectivity index (χ1v) is 3.91. The molecular weight excluding hydrogens is 179 g/mol. The molecule has 0 atom stereocenters. The van der Waals surface area contributed by atoms with E-state index in [1.807, 2.05) is 0 Å². The van der Waals surface area contributed by atoms with Gasteiger partial charge in [-0.2, -0.15) is 0 Å². The standard InChI is InChI=1S/C9H8ClFO/c1-6-4-7(2-3-12)9(11)5-8(6)10/h3-5H,2H2,1H3. The number of aryl methyl sites for hydroxylation is 1. The van der Waals surface area contributed by atoms with E-state index >= 15 is 0 Å². The van der Waals surface area contributed by atoms with Crippen molar-refractivity contribution in [2.45, 2.75) is 13.3 Å². The molecule has 64 valence electrons. The molecule has 1 rings (SSSR count). The lowest BCUT2D eigenvalue weighted by atomic mass is 10.1. The van der Waals surface area contributed by atoms with Crippen LogP contribution in [0.5, 0.6) is 0 Å². The Labute approximate surface area is 75.2 Å². The molecule has 0 aliphatic rings. The number of hydrogen-bond donors (Lipinski definition) is 0. The average Bonchev–Trinajstić information content (AvgIpc) is 2.01. The van der Waals surface area contributed by atoms with E-state index in [0.29, 0.717) is 16.9 Å². The smallest absolute Gasteiger partial charge is 0.128 e. The summed E-state index contributed by atoms with van der Waals surface area (Å²) in [5.74, 6) is -0.419. The Morgan fingerprint density at radius 1 is 1.58 bits per heavy atom. The van der Waals surface area contributed by atoms with Crippen molar-refractivity contribution in [3.05, 3.63) is 34.1 Å². The monoisotopic (exact) mass is 186 g/mol. The molecule has 1 aromatic carbocycles. The molecule has 0 N–H and O–H groups in total. The summed E-state index contributed by atoms with van der Waals surface area (Å²) in [6, 6.07) is 2.82. The average molecular weight is 187 g/mol. The van der Waals surface area contributed by atoms with Crippen LogP contribution in [0.4, 0.5) is 4.39 Å². The first-order valence-electron chi connectivity index (χ1n) is 3.53. The van der Waals surface area contributed by atoms with Gasteiger partial charge in [0.2, 0.25) is 0 Å². The van der Waals surface area contributed by atoms with Crippen molar-refractivity contribution in [1.29, 1.82) is 0 Å². The zero-order chi connectivity index (χ0) is 9.14. The maximum absolute atomic E-state index is 13.0. The minimum absolute atomic E-state index is 0.101. The maximum Gasteiger partial charge on any atom is 0.128 e. The van der Waals surface area contributed by atoms with E-state index in [4.69, 9.17) is 11.6 Å². The predicted octanol–water partition coefficient (Wildman–Crippen LogP) is 2.53. The van der Waals surface area contributed by atoms with Crippen LogP contribution >= 0.6 is 11.6 Å². The number of hydrogen-bond acceptors (Lipinski definition) is 1. The third-order valence-corrected chi connectivity index (χ3v) is 2.04. The van der Waals surface area contributed by atoms with E-state index in [9.17, 15) is 9.18 Å². The summed E-state index contributed by atoms with van der Waals surface area (Å²) in [4.78, 5) is 10.1. The predicted molar refractivity (Wildman–Crippen MR) is 45.9 cm³/mol. The molecule has 0 unspecified atom stereocenters. The number of aldehydes is 1. The fraction of sp³-hybridized carbons (Fsp3) is 0.222. The number of carbonyl (C=O) groups excluding carboxylic acids is 1. The molecule has 0 saturated carbocycles. The Morgan fingerprint density at radius 2 is 2.25 bits per heavy atom. The van der Waals surface area contributed by atoms with Crippen LogP contribution in [0.3, 0.4) is 0 Å². The number of rotatable bonds is 2. The molecule has 0 fully saturated rings. The van der Waals surface area contributed by atoms with Gasteiger partial charge in [0, 0.05) is 11.4 Å². The van der Waals surface area contributed by atoms with Crippen LogP contribution in [0.15, 0.2) is 12.1 Å². The van der Waals surface area contributed by atoms with Gasteiger partial charge in [0.15, 0.2) is 0 Å². The molecule has 0 spiro atoms. The molecule has 0 aliphatic heterocycles. The van der Waals surface area contributed by atoms with Crippen molar-refractivity contribution in [2.24, 2.45) is 0 Å². The molecule has 0 aliphatic carbocycles. The van der Waals surface area contributed by atoms with E-state index in [2.05, 4.69) is 0 Å². The topological polar surface area (TPSA) is 17.1 Å². The van der Waals surface area contributed by atoms with E-state index in [1.54, 1.807) is 13.0 Å². The molecule has 3 heteroatoms. The summed E-state index contributed by atoms with van der Waals surface area (Å²) < 4.78 is 13.0. The SMILES string of the molecule is Cc1cc(CC=O)c(F)cc1Cl. The normalized spacial score (nSPS) is 9.92. The first kappa shape index (κ1) is 9.20. The molecular formula is C9H8ClFO. The summed E-state index contributed by atoms with van der Waals surface area (Å²) in [7, 11) is 0. The third kappa shape index (κ3) is 1.83. The van der Waals surface area contributed by atoms with Gasteiger partial charge in [0.05, 0.1) is 0 Å². The highest BCUT2D eigenvalue weighted by molar-refractivity contribution is 6.31. The summed E-state index contributed by atoms with van der Waals surface area (Å²) in [5, 5.41) is 0.391. The summed E-state index contributed by atoms with van der Waals surface area (Å²) in [6.45, 7) is 1.77. The second-order valence-electron chi connectivity index (χ2n) is 2.56. The van der Waals surface area contributed by atoms with Crippen LogP contribution in [-0.2, 0) is 11.2 Å². The molecule has 12 heavy (non-hydrogen) atoms. The second kappa shape index (κ2) is 3.68. The molecule has 0 aromatic heterocycles. The van der Waals surface area contributed by atoms with Gasteiger partial charge in [-0.3, -0.25) is 0 Å². The highest BCUT2D eigenvalue weighted by atomic mass is 35.5. The van der Waals surface area contributed by atoms with Gasteiger partial charge in [0.25, 0.3) is 0 Å². The van der Waals surface area contributed by atoms with Crippen molar-refractivity contribution < 1.29 is 9.18 Å². The number of carbonyl (C=O) groups is 1. The Balaban J connectivity index is 3.13. The molecule has 0 amide bonds. The lowest BCUT2D eigenvalue weighted by Crippen LogP contribution is -1.92. The highest BCUT2D eigenvalue weighted by Gasteiger charge is 2.04. The zero-order valence-electron chi connectivity index (χ0n) is 6.60. The number of benzene rings is 1. The molecule has 1 aromatic rings. The van der Waals surface area contributed by atoms with Crippen LogP contribution in [0.1, 0.15) is 11.1 Å². The van der Waals surface area contributed by atoms with Gasteiger partial charge in [0.1, 0.15) is 12.1 Å². The minimum Gasteiger partial charge on any atom is -0.303 e. The van der Waals surface area contributed by atoms with Crippen molar-refractivity contribution >= 4 is 17.9 Å². The van der Waals surface area contributed by atoms with Gasteiger partial charge in [-0.05, 0) is 24.1 Å². The van der Waals surface area contributed by atoms with Crippen LogP contribution in [0.2, 0.25) is 5.02 Å². The summed E-state index contributed by atoms with van der Waals surface area (Å²) in [6.07, 6.45) is 0.773. The van der Waals surface area contributed by atoms with Gasteiger partial charge in [-0.1, -0.05) is 17.7 Å². The van der Waals surface area contributed by atoms with Crippen LogP contribution in [-0.4, -0.2) is 6.29 Å². The van der Waals surface area contributed by atoms with Gasteiger partial charge < -0.3 is 4.79 Å². The fourth-order valence-electron chi connectivity index (χ4n) is 0.963. The molecule has 0 saturated heterocycles. The molecule has 1 nitrogen and oxygen atoms in total. The summed E-state index contributed by atoms with van der Waals surface area (Å²) >= 11 is 5.66. The van der Waals surface area contributed by atoms with Crippen molar-refractivity contribution in [3.63, 3.8) is 0 Å². The van der Waals surface area contributed by atoms with Crippen molar-refractivity contribution in [2.75, 3.05) is 0 Å². The maximum atomic E-state index is 13.0. The Hall–Kier alpha value is -0.890. The Bertz CT molecular complexity index is 310. The van der Waals surface area contributed by atoms with Gasteiger partial charge >= 0.3 is 0 Å². The van der Waals surface area contributed by atoms with E-state index < -0.39 is 5.82 Å². The fourth-order valence-corrected chi connectivity index (χ4v) is 1.11. The third-order valence-electron chi connectivity index (χ3n) is 1.63. The molecule has 0 bridgehead atoms. The highest BCUT2D eigenvalue weighted by Crippen LogP contribution is 2.19. The Morgan fingerprint density at radius 3 is 2.83 bits per heavy atom. The van der Waals surface area contributed by atoms with Crippen LogP contribution < -0.4 is 0 Å². The van der Waals surface area contributed by atoms with Gasteiger partial charge in [-0.25, -0.2) is 4.39 Å². The lowest BCUT2D eigenvalue weighted by Gasteiger charge is -2.02.